The van der Waals surface area contributed by atoms with E-state index in [0.29, 0.717) is 31.9 Å². The largest absolute Gasteiger partial charge is 0.353 e. The third-order valence-corrected chi connectivity index (χ3v) is 6.62. The summed E-state index contributed by atoms with van der Waals surface area (Å²) in [6.45, 7) is 4.36. The van der Waals surface area contributed by atoms with Crippen molar-refractivity contribution >= 4 is 11.7 Å². The van der Waals surface area contributed by atoms with E-state index in [0.717, 1.165) is 43.3 Å². The number of aryl methyl sites for hydroxylation is 1. The lowest BCUT2D eigenvalue weighted by molar-refractivity contribution is -0.136. The van der Waals surface area contributed by atoms with Gasteiger partial charge in [-0.05, 0) is 56.4 Å². The summed E-state index contributed by atoms with van der Waals surface area (Å²) in [6.07, 6.45) is 3.42. The predicted molar refractivity (Wildman–Crippen MR) is 128 cm³/mol. The topological polar surface area (TPSA) is 70.4 Å². The van der Waals surface area contributed by atoms with Crippen molar-refractivity contribution in [2.75, 3.05) is 45.2 Å². The van der Waals surface area contributed by atoms with E-state index >= 15 is 0 Å². The first-order valence-corrected chi connectivity index (χ1v) is 11.8. The highest BCUT2D eigenvalue weighted by Gasteiger charge is 2.32. The minimum atomic E-state index is -0.283. The summed E-state index contributed by atoms with van der Waals surface area (Å²) in [5.41, 5.74) is 2.00. The molecule has 0 radical (unpaired) electrons. The van der Waals surface area contributed by atoms with Gasteiger partial charge < -0.3 is 19.3 Å². The first-order chi connectivity index (χ1) is 16.5. The van der Waals surface area contributed by atoms with Crippen molar-refractivity contribution in [3.63, 3.8) is 0 Å². The number of carbonyl (C=O) groups is 1. The number of benzene rings is 1. The molecule has 1 aromatic carbocycles. The molecular formula is C25H30FN7O. The standard InChI is InChI=1S/C25H30FN7O/c1-30(2)16-18-3-9-22(27-15-18)31-11-13-32(14-12-31)25(34)20-6-10-23-28-29-24(33(23)17-20)19-4-7-21(26)8-5-19/h3-5,7-9,15,20H,6,10-14,16-17H2,1-2H3. The number of rotatable bonds is 5. The van der Waals surface area contributed by atoms with Crippen molar-refractivity contribution in [3.8, 4) is 11.4 Å². The summed E-state index contributed by atoms with van der Waals surface area (Å²) in [6, 6.07) is 10.5. The molecule has 1 fully saturated rings. The molecule has 2 aliphatic heterocycles. The Kier molecular flexibility index (Phi) is 6.28. The third kappa shape index (κ3) is 4.65. The first-order valence-electron chi connectivity index (χ1n) is 11.8. The quantitative estimate of drug-likeness (QED) is 0.579. The van der Waals surface area contributed by atoms with Crippen molar-refractivity contribution in [1.29, 1.82) is 0 Å². The normalized spacial score (nSPS) is 18.3. The number of hydrogen-bond acceptors (Lipinski definition) is 6. The Balaban J connectivity index is 1.21. The molecule has 1 unspecified atom stereocenters. The molecular weight excluding hydrogens is 433 g/mol. The minimum Gasteiger partial charge on any atom is -0.353 e. The zero-order chi connectivity index (χ0) is 23.7. The maximum Gasteiger partial charge on any atom is 0.227 e. The van der Waals surface area contributed by atoms with E-state index in [9.17, 15) is 9.18 Å². The molecule has 0 spiro atoms. The van der Waals surface area contributed by atoms with E-state index in [1.165, 1.54) is 17.7 Å². The highest BCUT2D eigenvalue weighted by molar-refractivity contribution is 5.79. The Hall–Kier alpha value is -3.33. The lowest BCUT2D eigenvalue weighted by Crippen LogP contribution is -2.51. The van der Waals surface area contributed by atoms with Crippen molar-refractivity contribution in [1.82, 2.24) is 29.5 Å². The van der Waals surface area contributed by atoms with Crippen LogP contribution in [0.4, 0.5) is 10.2 Å². The van der Waals surface area contributed by atoms with Gasteiger partial charge in [-0.2, -0.15) is 0 Å². The first kappa shape index (κ1) is 22.5. The molecule has 5 rings (SSSR count). The van der Waals surface area contributed by atoms with Crippen LogP contribution in [-0.2, 0) is 24.3 Å². The molecule has 9 heteroatoms. The Morgan fingerprint density at radius 3 is 2.50 bits per heavy atom. The number of fused-ring (bicyclic) bond motifs is 1. The van der Waals surface area contributed by atoms with Gasteiger partial charge in [0.25, 0.3) is 0 Å². The van der Waals surface area contributed by atoms with Crippen LogP contribution in [0.5, 0.6) is 0 Å². The van der Waals surface area contributed by atoms with Crippen LogP contribution in [0, 0.1) is 11.7 Å². The molecule has 1 amide bonds. The summed E-state index contributed by atoms with van der Waals surface area (Å²) in [5, 5.41) is 8.62. The summed E-state index contributed by atoms with van der Waals surface area (Å²) in [7, 11) is 4.09. The number of aromatic nitrogens is 4. The fourth-order valence-corrected chi connectivity index (χ4v) is 4.82. The molecule has 0 bridgehead atoms. The Labute approximate surface area is 199 Å². The second-order valence-corrected chi connectivity index (χ2v) is 9.37. The van der Waals surface area contributed by atoms with Gasteiger partial charge in [-0.3, -0.25) is 4.79 Å². The van der Waals surface area contributed by atoms with Gasteiger partial charge in [0.15, 0.2) is 5.82 Å². The molecule has 0 aliphatic carbocycles. The van der Waals surface area contributed by atoms with Crippen molar-refractivity contribution in [2.24, 2.45) is 5.92 Å². The zero-order valence-corrected chi connectivity index (χ0v) is 19.7. The van der Waals surface area contributed by atoms with Crippen LogP contribution in [-0.4, -0.2) is 75.7 Å². The van der Waals surface area contributed by atoms with Crippen molar-refractivity contribution in [2.45, 2.75) is 25.9 Å². The van der Waals surface area contributed by atoms with E-state index in [1.807, 2.05) is 29.8 Å². The smallest absolute Gasteiger partial charge is 0.227 e. The van der Waals surface area contributed by atoms with Gasteiger partial charge in [-0.15, -0.1) is 10.2 Å². The Morgan fingerprint density at radius 2 is 1.82 bits per heavy atom. The van der Waals surface area contributed by atoms with E-state index in [1.54, 1.807) is 12.1 Å². The van der Waals surface area contributed by atoms with Crippen LogP contribution < -0.4 is 4.90 Å². The number of anilines is 1. The van der Waals surface area contributed by atoms with Gasteiger partial charge in [0.2, 0.25) is 5.91 Å². The summed E-state index contributed by atoms with van der Waals surface area (Å²) >= 11 is 0. The average Bonchev–Trinajstić information content (AvgIpc) is 3.28. The van der Waals surface area contributed by atoms with Gasteiger partial charge in [0.05, 0.1) is 5.92 Å². The van der Waals surface area contributed by atoms with Crippen LogP contribution in [0.15, 0.2) is 42.6 Å². The summed E-state index contributed by atoms with van der Waals surface area (Å²) in [4.78, 5) is 24.3. The third-order valence-electron chi connectivity index (χ3n) is 6.62. The molecule has 0 saturated carbocycles. The van der Waals surface area contributed by atoms with E-state index in [2.05, 4.69) is 37.1 Å². The fraction of sp³-hybridized carbons (Fsp3) is 0.440. The lowest BCUT2D eigenvalue weighted by atomic mass is 9.97. The van der Waals surface area contributed by atoms with Gasteiger partial charge in [-0.1, -0.05) is 6.07 Å². The summed E-state index contributed by atoms with van der Waals surface area (Å²) in [5.74, 6) is 2.36. The second-order valence-electron chi connectivity index (χ2n) is 9.37. The van der Waals surface area contributed by atoms with Gasteiger partial charge >= 0.3 is 0 Å². The van der Waals surface area contributed by atoms with E-state index in [4.69, 9.17) is 0 Å². The lowest BCUT2D eigenvalue weighted by Gasteiger charge is -2.37. The van der Waals surface area contributed by atoms with Crippen LogP contribution in [0.25, 0.3) is 11.4 Å². The maximum atomic E-state index is 13.4. The van der Waals surface area contributed by atoms with Gasteiger partial charge in [0, 0.05) is 57.4 Å². The van der Waals surface area contributed by atoms with Crippen LogP contribution in [0.2, 0.25) is 0 Å². The maximum absolute atomic E-state index is 13.4. The van der Waals surface area contributed by atoms with E-state index < -0.39 is 0 Å². The zero-order valence-electron chi connectivity index (χ0n) is 19.7. The van der Waals surface area contributed by atoms with Gasteiger partial charge in [0.1, 0.15) is 17.5 Å². The molecule has 1 atom stereocenters. The monoisotopic (exact) mass is 463 g/mol. The van der Waals surface area contributed by atoms with Gasteiger partial charge in [-0.25, -0.2) is 9.37 Å². The molecule has 3 aromatic rings. The highest BCUT2D eigenvalue weighted by atomic mass is 19.1. The number of carbonyl (C=O) groups excluding carboxylic acids is 1. The average molecular weight is 464 g/mol. The molecule has 2 aromatic heterocycles. The number of piperazine rings is 1. The number of nitrogens with zero attached hydrogens (tertiary/aromatic N) is 7. The molecule has 8 nitrogen and oxygen atoms in total. The van der Waals surface area contributed by atoms with E-state index in [-0.39, 0.29) is 17.6 Å². The molecule has 1 saturated heterocycles. The van der Waals surface area contributed by atoms with Crippen molar-refractivity contribution < 1.29 is 9.18 Å². The molecule has 0 N–H and O–H groups in total. The van der Waals surface area contributed by atoms with Crippen LogP contribution >= 0.6 is 0 Å². The molecule has 4 heterocycles. The number of amides is 1. The molecule has 34 heavy (non-hydrogen) atoms. The van der Waals surface area contributed by atoms with Crippen LogP contribution in [0.3, 0.4) is 0 Å². The predicted octanol–water partition coefficient (Wildman–Crippen LogP) is 2.45. The summed E-state index contributed by atoms with van der Waals surface area (Å²) < 4.78 is 15.4. The number of halogens is 1. The van der Waals surface area contributed by atoms with Crippen molar-refractivity contribution in [3.05, 3.63) is 59.8 Å². The SMILES string of the molecule is CN(C)Cc1ccc(N2CCN(C(=O)C3CCc4nnc(-c5ccc(F)cc5)n4C3)CC2)nc1. The highest BCUT2D eigenvalue weighted by Crippen LogP contribution is 2.27. The second kappa shape index (κ2) is 9.50. The Bertz CT molecular complexity index is 1140. The fourth-order valence-electron chi connectivity index (χ4n) is 4.82. The molecule has 2 aliphatic rings. The molecule has 178 valence electrons. The Morgan fingerprint density at radius 1 is 1.06 bits per heavy atom. The number of pyridine rings is 1. The van der Waals surface area contributed by atoms with Crippen LogP contribution in [0.1, 0.15) is 17.8 Å². The number of hydrogen-bond donors (Lipinski definition) is 0. The minimum absolute atomic E-state index is 0.0994.